The van der Waals surface area contributed by atoms with Gasteiger partial charge < -0.3 is 5.32 Å². The Bertz CT molecular complexity index is 170. The van der Waals surface area contributed by atoms with Crippen LogP contribution in [0.5, 0.6) is 0 Å². The summed E-state index contributed by atoms with van der Waals surface area (Å²) >= 11 is 3.16. The van der Waals surface area contributed by atoms with Crippen LogP contribution in [0.3, 0.4) is 0 Å². The molecule has 1 aliphatic rings. The standard InChI is InChI=1S/C6H7BrN2/c7-5(4-8)6-2-1-3-9-6/h9H,1-3H2. The lowest BCUT2D eigenvalue weighted by molar-refractivity contribution is 0.903. The van der Waals surface area contributed by atoms with Gasteiger partial charge in [-0.3, -0.25) is 0 Å². The van der Waals surface area contributed by atoms with Gasteiger partial charge >= 0.3 is 0 Å². The van der Waals surface area contributed by atoms with E-state index in [0.29, 0.717) is 4.48 Å². The third-order valence-corrected chi connectivity index (χ3v) is 1.96. The highest BCUT2D eigenvalue weighted by atomic mass is 79.9. The van der Waals surface area contributed by atoms with Crippen LogP contribution >= 0.6 is 15.9 Å². The number of nitrogens with one attached hydrogen (secondary N) is 1. The van der Waals surface area contributed by atoms with Crippen molar-refractivity contribution in [3.8, 4) is 6.07 Å². The van der Waals surface area contributed by atoms with Crippen molar-refractivity contribution in [2.75, 3.05) is 6.54 Å². The first kappa shape index (κ1) is 6.63. The van der Waals surface area contributed by atoms with E-state index in [-0.39, 0.29) is 0 Å². The minimum atomic E-state index is 0.653. The monoisotopic (exact) mass is 186 g/mol. The van der Waals surface area contributed by atoms with Crippen LogP contribution in [-0.2, 0) is 0 Å². The quantitative estimate of drug-likeness (QED) is 0.583. The molecule has 0 unspecified atom stereocenters. The maximum atomic E-state index is 8.40. The SMILES string of the molecule is N#CC(Br)=C1CCCN1. The smallest absolute Gasteiger partial charge is 0.114 e. The van der Waals surface area contributed by atoms with Crippen LogP contribution in [0, 0.1) is 11.3 Å². The van der Waals surface area contributed by atoms with Crippen LogP contribution in [0.25, 0.3) is 0 Å². The third kappa shape index (κ3) is 1.46. The molecular weight excluding hydrogens is 180 g/mol. The number of hydrogen-bond donors (Lipinski definition) is 1. The number of allylic oxidation sites excluding steroid dienone is 2. The van der Waals surface area contributed by atoms with E-state index in [0.717, 1.165) is 25.1 Å². The van der Waals surface area contributed by atoms with Crippen molar-refractivity contribution >= 4 is 15.9 Å². The molecule has 0 radical (unpaired) electrons. The molecule has 0 aromatic heterocycles. The van der Waals surface area contributed by atoms with Crippen LogP contribution in [-0.4, -0.2) is 6.54 Å². The first-order valence-corrected chi connectivity index (χ1v) is 3.66. The molecule has 3 heteroatoms. The molecule has 1 N–H and O–H groups in total. The molecule has 9 heavy (non-hydrogen) atoms. The molecule has 0 bridgehead atoms. The van der Waals surface area contributed by atoms with Gasteiger partial charge in [0.05, 0.1) is 0 Å². The van der Waals surface area contributed by atoms with Crippen molar-refractivity contribution in [1.29, 1.82) is 5.26 Å². The molecule has 1 aliphatic heterocycles. The molecule has 2 nitrogen and oxygen atoms in total. The Morgan fingerprint density at radius 1 is 1.78 bits per heavy atom. The Morgan fingerprint density at radius 3 is 3.00 bits per heavy atom. The van der Waals surface area contributed by atoms with Crippen molar-refractivity contribution in [1.82, 2.24) is 5.32 Å². The van der Waals surface area contributed by atoms with E-state index in [1.54, 1.807) is 0 Å². The van der Waals surface area contributed by atoms with Crippen LogP contribution in [0.4, 0.5) is 0 Å². The maximum Gasteiger partial charge on any atom is 0.114 e. The Hall–Kier alpha value is -0.490. The van der Waals surface area contributed by atoms with E-state index in [2.05, 4.69) is 21.2 Å². The zero-order chi connectivity index (χ0) is 6.69. The summed E-state index contributed by atoms with van der Waals surface area (Å²) in [6.45, 7) is 1.01. The van der Waals surface area contributed by atoms with Gasteiger partial charge in [0.1, 0.15) is 10.6 Å². The van der Waals surface area contributed by atoms with Gasteiger partial charge in [0.25, 0.3) is 0 Å². The molecular formula is C6H7BrN2. The summed E-state index contributed by atoms with van der Waals surface area (Å²) < 4.78 is 0.653. The third-order valence-electron chi connectivity index (χ3n) is 1.31. The summed E-state index contributed by atoms with van der Waals surface area (Å²) in [5.74, 6) is 0. The average Bonchev–Trinajstić information content (AvgIpc) is 2.37. The van der Waals surface area contributed by atoms with Gasteiger partial charge in [-0.05, 0) is 28.8 Å². The van der Waals surface area contributed by atoms with Crippen LogP contribution < -0.4 is 5.32 Å². The summed E-state index contributed by atoms with van der Waals surface area (Å²) in [6.07, 6.45) is 2.15. The Kier molecular flexibility index (Phi) is 2.12. The first-order valence-electron chi connectivity index (χ1n) is 2.87. The summed E-state index contributed by atoms with van der Waals surface area (Å²) in [6, 6.07) is 2.04. The van der Waals surface area contributed by atoms with Crippen molar-refractivity contribution < 1.29 is 0 Å². The second-order valence-electron chi connectivity index (χ2n) is 1.93. The molecule has 0 spiro atoms. The second kappa shape index (κ2) is 2.88. The Balaban J connectivity index is 2.70. The second-order valence-corrected chi connectivity index (χ2v) is 2.73. The van der Waals surface area contributed by atoms with Crippen molar-refractivity contribution in [3.63, 3.8) is 0 Å². The minimum Gasteiger partial charge on any atom is -0.387 e. The maximum absolute atomic E-state index is 8.40. The summed E-state index contributed by atoms with van der Waals surface area (Å²) in [4.78, 5) is 0. The van der Waals surface area contributed by atoms with E-state index in [1.807, 2.05) is 6.07 Å². The van der Waals surface area contributed by atoms with Gasteiger partial charge in [-0.1, -0.05) is 0 Å². The Morgan fingerprint density at radius 2 is 2.56 bits per heavy atom. The zero-order valence-electron chi connectivity index (χ0n) is 4.95. The highest BCUT2D eigenvalue weighted by molar-refractivity contribution is 9.12. The molecule has 1 heterocycles. The molecule has 0 saturated carbocycles. The summed E-state index contributed by atoms with van der Waals surface area (Å²) in [5, 5.41) is 11.5. The van der Waals surface area contributed by atoms with Crippen LogP contribution in [0.15, 0.2) is 10.2 Å². The normalized spacial score (nSPS) is 22.7. The molecule has 48 valence electrons. The Labute approximate surface area is 62.7 Å². The number of hydrogen-bond acceptors (Lipinski definition) is 2. The van der Waals surface area contributed by atoms with Crippen molar-refractivity contribution in [2.24, 2.45) is 0 Å². The highest BCUT2D eigenvalue weighted by Gasteiger charge is 2.08. The predicted molar refractivity (Wildman–Crippen MR) is 38.8 cm³/mol. The molecule has 1 rings (SSSR count). The van der Waals surface area contributed by atoms with Gasteiger partial charge in [-0.25, -0.2) is 0 Å². The fraction of sp³-hybridized carbons (Fsp3) is 0.500. The van der Waals surface area contributed by atoms with Gasteiger partial charge in [0.15, 0.2) is 0 Å². The highest BCUT2D eigenvalue weighted by Crippen LogP contribution is 2.17. The zero-order valence-corrected chi connectivity index (χ0v) is 6.53. The number of rotatable bonds is 0. The van der Waals surface area contributed by atoms with Crippen LogP contribution in [0.2, 0.25) is 0 Å². The van der Waals surface area contributed by atoms with Gasteiger partial charge in [-0.15, -0.1) is 0 Å². The molecule has 0 aromatic carbocycles. The van der Waals surface area contributed by atoms with Gasteiger partial charge in [0.2, 0.25) is 0 Å². The van der Waals surface area contributed by atoms with Gasteiger partial charge in [0, 0.05) is 12.2 Å². The molecule has 1 fully saturated rings. The van der Waals surface area contributed by atoms with E-state index in [1.165, 1.54) is 0 Å². The molecule has 0 atom stereocenters. The van der Waals surface area contributed by atoms with E-state index in [9.17, 15) is 0 Å². The fourth-order valence-electron chi connectivity index (χ4n) is 0.848. The fourth-order valence-corrected chi connectivity index (χ4v) is 1.19. The van der Waals surface area contributed by atoms with Crippen LogP contribution in [0.1, 0.15) is 12.8 Å². The predicted octanol–water partition coefficient (Wildman–Crippen LogP) is 1.50. The average molecular weight is 187 g/mol. The lowest BCUT2D eigenvalue weighted by Crippen LogP contribution is -2.04. The van der Waals surface area contributed by atoms with Crippen molar-refractivity contribution in [3.05, 3.63) is 10.2 Å². The summed E-state index contributed by atoms with van der Waals surface area (Å²) in [5.41, 5.74) is 1.05. The van der Waals surface area contributed by atoms with E-state index < -0.39 is 0 Å². The largest absolute Gasteiger partial charge is 0.387 e. The number of nitrogens with zero attached hydrogens (tertiary/aromatic N) is 1. The van der Waals surface area contributed by atoms with Gasteiger partial charge in [-0.2, -0.15) is 5.26 Å². The van der Waals surface area contributed by atoms with E-state index >= 15 is 0 Å². The molecule has 0 amide bonds. The lowest BCUT2D eigenvalue weighted by Gasteiger charge is -1.94. The first-order chi connectivity index (χ1) is 4.34. The van der Waals surface area contributed by atoms with E-state index in [4.69, 9.17) is 5.26 Å². The molecule has 0 aromatic rings. The van der Waals surface area contributed by atoms with Crippen molar-refractivity contribution in [2.45, 2.75) is 12.8 Å². The summed E-state index contributed by atoms with van der Waals surface area (Å²) in [7, 11) is 0. The number of nitriles is 1. The lowest BCUT2D eigenvalue weighted by atomic mass is 10.3. The number of halogens is 1. The minimum absolute atomic E-state index is 0.653. The topological polar surface area (TPSA) is 35.8 Å². The molecule has 1 saturated heterocycles. The molecule has 0 aliphatic carbocycles.